The lowest BCUT2D eigenvalue weighted by Crippen LogP contribution is -2.02. The first-order valence-electron chi connectivity index (χ1n) is 8.88. The average molecular weight is 417 g/mol. The van der Waals surface area contributed by atoms with E-state index < -0.39 is 0 Å². The maximum absolute atomic E-state index is 10.9. The molecule has 0 unspecified atom stereocenters. The fourth-order valence-electron chi connectivity index (χ4n) is 1.81. The largest absolute Gasteiger partial charge is 0.466 e. The lowest BCUT2D eigenvalue weighted by Gasteiger charge is -2.01. The van der Waals surface area contributed by atoms with Crippen LogP contribution < -0.4 is 27.0 Å². The van der Waals surface area contributed by atoms with Crippen LogP contribution in [0.2, 0.25) is 0 Å². The van der Waals surface area contributed by atoms with Crippen LogP contribution in [0.15, 0.2) is 79.3 Å². The van der Waals surface area contributed by atoms with Crippen LogP contribution in [0.5, 0.6) is 11.5 Å². The van der Waals surface area contributed by atoms with Crippen molar-refractivity contribution >= 4 is 11.5 Å². The summed E-state index contributed by atoms with van der Waals surface area (Å²) in [4.78, 5) is 10.9. The molecule has 0 radical (unpaired) electrons. The van der Waals surface area contributed by atoms with Gasteiger partial charge in [-0.1, -0.05) is 13.2 Å². The molecule has 0 spiro atoms. The summed E-state index contributed by atoms with van der Waals surface area (Å²) in [6.45, 7) is 12.2. The van der Waals surface area contributed by atoms with Crippen molar-refractivity contribution in [1.82, 2.24) is 0 Å². The summed E-state index contributed by atoms with van der Waals surface area (Å²) < 4.78 is 10.1. The Kier molecular flexibility index (Phi) is 18.1. The molecule has 0 amide bonds. The molecule has 8 heteroatoms. The average Bonchev–Trinajstić information content (AvgIpc) is 2.77. The Morgan fingerprint density at radius 2 is 1.27 bits per heavy atom. The van der Waals surface area contributed by atoms with Gasteiger partial charge < -0.3 is 20.4 Å². The standard InChI is InChI=1S/C10H12N2O.C10H10O2.C2H6O.H4N2/c1-3-13-10-6-4-9(5-7-10)8(2)12-11;1-3-12-10-6-4-9(5-7-10)8(2)11;1-2-3;1-2/h3-7H,1,11H2,2H3;3-7H,1H2,2H3;3H,2H2,1H3;1-2H2/b12-8-;;;. The molecule has 0 saturated carbocycles. The lowest BCUT2D eigenvalue weighted by molar-refractivity contribution is 0.101. The summed E-state index contributed by atoms with van der Waals surface area (Å²) >= 11 is 0. The zero-order valence-electron chi connectivity index (χ0n) is 17.7. The van der Waals surface area contributed by atoms with E-state index in [0.29, 0.717) is 11.3 Å². The second-order valence-electron chi connectivity index (χ2n) is 5.20. The number of carbonyl (C=O) groups is 1. The quantitative estimate of drug-likeness (QED) is 0.186. The predicted molar refractivity (Wildman–Crippen MR) is 122 cm³/mol. The number of ketones is 1. The van der Waals surface area contributed by atoms with Crippen molar-refractivity contribution in [1.29, 1.82) is 0 Å². The van der Waals surface area contributed by atoms with E-state index >= 15 is 0 Å². The third-order valence-electron chi connectivity index (χ3n) is 3.17. The van der Waals surface area contributed by atoms with Gasteiger partial charge in [0.15, 0.2) is 5.78 Å². The smallest absolute Gasteiger partial charge is 0.159 e. The van der Waals surface area contributed by atoms with Crippen LogP contribution in [0.25, 0.3) is 0 Å². The van der Waals surface area contributed by atoms with Crippen molar-refractivity contribution in [2.75, 3.05) is 6.61 Å². The fraction of sp³-hybridized carbons (Fsp3) is 0.182. The zero-order chi connectivity index (χ0) is 23.4. The van der Waals surface area contributed by atoms with E-state index in [1.807, 2.05) is 31.2 Å². The molecule has 0 bridgehead atoms. The Bertz CT molecular complexity index is 758. The van der Waals surface area contributed by atoms with Crippen LogP contribution in [0.1, 0.15) is 36.7 Å². The van der Waals surface area contributed by atoms with Gasteiger partial charge in [-0.05, 0) is 74.9 Å². The van der Waals surface area contributed by atoms with E-state index in [1.54, 1.807) is 31.2 Å². The van der Waals surface area contributed by atoms with Gasteiger partial charge in [-0.3, -0.25) is 16.5 Å². The summed E-state index contributed by atoms with van der Waals surface area (Å²) in [5, 5.41) is 11.2. The van der Waals surface area contributed by atoms with E-state index in [2.05, 4.69) is 29.9 Å². The number of nitrogens with two attached hydrogens (primary N) is 3. The molecule has 2 aromatic rings. The van der Waals surface area contributed by atoms with Crippen LogP contribution in [-0.2, 0) is 0 Å². The summed E-state index contributed by atoms with van der Waals surface area (Å²) in [7, 11) is 0. The van der Waals surface area contributed by atoms with E-state index in [4.69, 9.17) is 20.4 Å². The summed E-state index contributed by atoms with van der Waals surface area (Å²) in [6, 6.07) is 14.4. The topological polar surface area (TPSA) is 146 Å². The van der Waals surface area contributed by atoms with Gasteiger partial charge in [-0.25, -0.2) is 0 Å². The van der Waals surface area contributed by atoms with Crippen molar-refractivity contribution in [3.05, 3.63) is 85.3 Å². The lowest BCUT2D eigenvalue weighted by atomic mass is 10.1. The maximum Gasteiger partial charge on any atom is 0.159 e. The van der Waals surface area contributed by atoms with E-state index in [1.165, 1.54) is 19.4 Å². The second-order valence-corrected chi connectivity index (χ2v) is 5.20. The third kappa shape index (κ3) is 12.8. The molecule has 0 saturated heterocycles. The normalized spacial score (nSPS) is 9.20. The first-order chi connectivity index (χ1) is 14.4. The Labute approximate surface area is 178 Å². The van der Waals surface area contributed by atoms with Gasteiger partial charge in [-0.2, -0.15) is 5.10 Å². The summed E-state index contributed by atoms with van der Waals surface area (Å²) in [5.41, 5.74) is 2.47. The highest BCUT2D eigenvalue weighted by Crippen LogP contribution is 2.13. The Hall–Kier alpha value is -3.46. The first-order valence-corrected chi connectivity index (χ1v) is 8.88. The number of hydrogen-bond acceptors (Lipinski definition) is 8. The first kappa shape index (κ1) is 28.7. The minimum Gasteiger partial charge on any atom is -0.466 e. The zero-order valence-corrected chi connectivity index (χ0v) is 17.7. The maximum atomic E-state index is 10.9. The minimum atomic E-state index is 0.0557. The predicted octanol–water partition coefficient (Wildman–Crippen LogP) is 3.12. The molecular formula is C22H32N4O4. The number of benzene rings is 2. The number of carbonyl (C=O) groups excluding carboxylic acids is 1. The summed E-state index contributed by atoms with van der Waals surface area (Å²) in [5.74, 6) is 14.6. The Balaban J connectivity index is 0. The fourth-order valence-corrected chi connectivity index (χ4v) is 1.81. The highest BCUT2D eigenvalue weighted by Gasteiger charge is 1.98. The molecule has 7 N–H and O–H groups in total. The van der Waals surface area contributed by atoms with Gasteiger partial charge in [0.2, 0.25) is 0 Å². The van der Waals surface area contributed by atoms with Crippen molar-refractivity contribution < 1.29 is 19.4 Å². The van der Waals surface area contributed by atoms with Crippen LogP contribution in [-0.4, -0.2) is 23.2 Å². The van der Waals surface area contributed by atoms with Crippen LogP contribution >= 0.6 is 0 Å². The number of Topliss-reactive ketones (excluding diaryl/α,β-unsaturated/α-hetero) is 1. The number of ether oxygens (including phenoxy) is 2. The minimum absolute atomic E-state index is 0.0557. The molecule has 8 nitrogen and oxygen atoms in total. The molecule has 30 heavy (non-hydrogen) atoms. The third-order valence-corrected chi connectivity index (χ3v) is 3.17. The number of nitrogens with zero attached hydrogens (tertiary/aromatic N) is 1. The van der Waals surface area contributed by atoms with Gasteiger partial charge in [0.05, 0.1) is 18.2 Å². The van der Waals surface area contributed by atoms with E-state index in [0.717, 1.165) is 17.0 Å². The van der Waals surface area contributed by atoms with Crippen molar-refractivity contribution in [2.24, 2.45) is 22.6 Å². The van der Waals surface area contributed by atoms with Crippen molar-refractivity contribution in [3.63, 3.8) is 0 Å². The molecule has 2 aromatic carbocycles. The van der Waals surface area contributed by atoms with Crippen molar-refractivity contribution in [3.8, 4) is 11.5 Å². The SMILES string of the molecule is C=COc1ccc(/C(C)=N\N)cc1.C=COc1ccc(C(C)=O)cc1.CCO.NN. The molecule has 164 valence electrons. The van der Waals surface area contributed by atoms with Gasteiger partial charge in [0.1, 0.15) is 11.5 Å². The van der Waals surface area contributed by atoms with Gasteiger partial charge >= 0.3 is 0 Å². The number of hydrazone groups is 1. The van der Waals surface area contributed by atoms with Crippen molar-refractivity contribution in [2.45, 2.75) is 20.8 Å². The molecule has 0 aliphatic heterocycles. The number of aliphatic hydroxyl groups excluding tert-OH is 1. The van der Waals surface area contributed by atoms with Crippen LogP contribution in [0.4, 0.5) is 0 Å². The van der Waals surface area contributed by atoms with Gasteiger partial charge in [-0.15, -0.1) is 0 Å². The second kappa shape index (κ2) is 18.9. The van der Waals surface area contributed by atoms with E-state index in [-0.39, 0.29) is 12.4 Å². The molecule has 0 fully saturated rings. The monoisotopic (exact) mass is 416 g/mol. The number of hydrazine groups is 1. The van der Waals surface area contributed by atoms with Crippen LogP contribution in [0.3, 0.4) is 0 Å². The highest BCUT2D eigenvalue weighted by molar-refractivity contribution is 5.98. The Morgan fingerprint density at radius 3 is 1.53 bits per heavy atom. The molecule has 0 aliphatic carbocycles. The molecule has 0 aliphatic rings. The molecular weight excluding hydrogens is 384 g/mol. The molecule has 0 atom stereocenters. The number of aliphatic hydroxyl groups is 1. The summed E-state index contributed by atoms with van der Waals surface area (Å²) in [6.07, 6.45) is 2.74. The van der Waals surface area contributed by atoms with E-state index in [9.17, 15) is 4.79 Å². The van der Waals surface area contributed by atoms with Gasteiger partial charge in [0, 0.05) is 12.2 Å². The Morgan fingerprint density at radius 1 is 0.933 bits per heavy atom. The molecule has 0 aromatic heterocycles. The number of rotatable bonds is 6. The van der Waals surface area contributed by atoms with Gasteiger partial charge in [0.25, 0.3) is 0 Å². The van der Waals surface area contributed by atoms with Crippen LogP contribution in [0, 0.1) is 0 Å². The molecule has 2 rings (SSSR count). The molecule has 0 heterocycles. The highest BCUT2D eigenvalue weighted by atomic mass is 16.5. The number of hydrogen-bond donors (Lipinski definition) is 4.